The van der Waals surface area contributed by atoms with Crippen molar-refractivity contribution in [2.75, 3.05) is 26.4 Å². The minimum atomic E-state index is -4.39. The lowest BCUT2D eigenvalue weighted by molar-refractivity contribution is -0.161. The third kappa shape index (κ3) is 59.5. The number of phosphoric acid groups is 1. The molecule has 10 heteroatoms. The standard InChI is InChI=1S/C64H122NO8P/c1-3-5-7-9-11-13-15-17-19-21-23-25-27-28-29-30-31-32-33-35-36-38-40-42-44-46-48-50-52-54-56-63(66)70-60-62(61-72-74(68,69)71-59-58-65)73-64(67)57-55-53-51-49-47-45-43-41-39-37-34-26-24-22-20-18-16-14-12-10-8-6-4-2/h16,18,22,24,34,37,62H,3-15,17,19-21,23,25-33,35-36,38-61,65H2,1-2H3,(H,68,69)/b18-16-,24-22-,37-34-. The predicted octanol–water partition coefficient (Wildman–Crippen LogP) is 20.4. The molecule has 0 bridgehead atoms. The molecule has 0 aliphatic rings. The second kappa shape index (κ2) is 60.5. The SMILES string of the molecule is CCCCCCC/C=C\C/C=C\C/C=C\CCCCCCCCCCC(=O)OC(COC(=O)CCCCCCCCCCCCCCCCCCCCCCCCCCCCCCCC)COP(=O)(O)OCCN. The van der Waals surface area contributed by atoms with Gasteiger partial charge < -0.3 is 20.1 Å². The van der Waals surface area contributed by atoms with Gasteiger partial charge in [-0.05, 0) is 51.4 Å². The van der Waals surface area contributed by atoms with Gasteiger partial charge in [-0.25, -0.2) is 4.57 Å². The summed E-state index contributed by atoms with van der Waals surface area (Å²) < 4.78 is 33.1. The van der Waals surface area contributed by atoms with E-state index in [0.29, 0.717) is 6.42 Å². The van der Waals surface area contributed by atoms with Gasteiger partial charge in [0.15, 0.2) is 6.10 Å². The Morgan fingerprint density at radius 1 is 0.405 bits per heavy atom. The number of allylic oxidation sites excluding steroid dienone is 6. The van der Waals surface area contributed by atoms with Gasteiger partial charge in [-0.1, -0.05) is 301 Å². The van der Waals surface area contributed by atoms with Gasteiger partial charge in [-0.3, -0.25) is 18.6 Å². The average molecular weight is 1060 g/mol. The van der Waals surface area contributed by atoms with Crippen LogP contribution in [0.5, 0.6) is 0 Å². The largest absolute Gasteiger partial charge is 0.472 e. The van der Waals surface area contributed by atoms with Gasteiger partial charge in [0, 0.05) is 19.4 Å². The molecule has 0 saturated heterocycles. The summed E-state index contributed by atoms with van der Waals surface area (Å²) >= 11 is 0. The Bertz CT molecular complexity index is 1310. The van der Waals surface area contributed by atoms with Gasteiger partial charge in [0.05, 0.1) is 13.2 Å². The molecule has 0 aromatic carbocycles. The maximum Gasteiger partial charge on any atom is 0.472 e. The molecule has 0 spiro atoms. The van der Waals surface area contributed by atoms with Crippen LogP contribution in [0.4, 0.5) is 0 Å². The molecule has 0 aromatic heterocycles. The highest BCUT2D eigenvalue weighted by Crippen LogP contribution is 2.43. The summed E-state index contributed by atoms with van der Waals surface area (Å²) in [6.07, 6.45) is 73.7. The van der Waals surface area contributed by atoms with Gasteiger partial charge in [-0.2, -0.15) is 0 Å². The van der Waals surface area contributed by atoms with Crippen molar-refractivity contribution < 1.29 is 37.6 Å². The van der Waals surface area contributed by atoms with Crippen LogP contribution in [0.3, 0.4) is 0 Å². The van der Waals surface area contributed by atoms with Crippen LogP contribution in [0.15, 0.2) is 36.5 Å². The van der Waals surface area contributed by atoms with Crippen LogP contribution >= 0.6 is 7.82 Å². The molecule has 0 amide bonds. The molecule has 74 heavy (non-hydrogen) atoms. The average Bonchev–Trinajstić information content (AvgIpc) is 3.39. The van der Waals surface area contributed by atoms with Gasteiger partial charge >= 0.3 is 19.8 Å². The van der Waals surface area contributed by atoms with E-state index in [-0.39, 0.29) is 38.6 Å². The first-order chi connectivity index (χ1) is 36.3. The van der Waals surface area contributed by atoms with Crippen molar-refractivity contribution in [2.45, 2.75) is 335 Å². The van der Waals surface area contributed by atoms with Crippen molar-refractivity contribution >= 4 is 19.8 Å². The quantitative estimate of drug-likeness (QED) is 0.0264. The third-order valence-electron chi connectivity index (χ3n) is 14.3. The van der Waals surface area contributed by atoms with Crippen LogP contribution in [0.1, 0.15) is 328 Å². The van der Waals surface area contributed by atoms with Crippen LogP contribution < -0.4 is 5.73 Å². The minimum absolute atomic E-state index is 0.0531. The first-order valence-electron chi connectivity index (χ1n) is 32.0. The topological polar surface area (TPSA) is 134 Å². The Kier molecular flexibility index (Phi) is 59.0. The summed E-state index contributed by atoms with van der Waals surface area (Å²) in [6.45, 7) is 3.78. The summed E-state index contributed by atoms with van der Waals surface area (Å²) in [5, 5.41) is 0. The van der Waals surface area contributed by atoms with E-state index in [1.807, 2.05) is 0 Å². The Hall–Kier alpha value is -1.77. The van der Waals surface area contributed by atoms with Crippen LogP contribution in [0, 0.1) is 0 Å². The van der Waals surface area contributed by atoms with E-state index in [4.69, 9.17) is 24.3 Å². The van der Waals surface area contributed by atoms with Gasteiger partial charge in [0.25, 0.3) is 0 Å². The molecule has 3 N–H and O–H groups in total. The number of hydrogen-bond acceptors (Lipinski definition) is 8. The number of carbonyl (C=O) groups excluding carboxylic acids is 2. The van der Waals surface area contributed by atoms with Crippen molar-refractivity contribution in [2.24, 2.45) is 5.73 Å². The predicted molar refractivity (Wildman–Crippen MR) is 317 cm³/mol. The molecule has 0 aromatic rings. The highest BCUT2D eigenvalue weighted by Gasteiger charge is 2.26. The van der Waals surface area contributed by atoms with E-state index in [0.717, 1.165) is 57.8 Å². The fourth-order valence-corrected chi connectivity index (χ4v) is 10.3. The van der Waals surface area contributed by atoms with Crippen LogP contribution in [0.2, 0.25) is 0 Å². The Morgan fingerprint density at radius 2 is 0.703 bits per heavy atom. The monoisotopic (exact) mass is 1060 g/mol. The summed E-state index contributed by atoms with van der Waals surface area (Å²) in [7, 11) is -4.39. The molecule has 2 unspecified atom stereocenters. The molecule has 2 atom stereocenters. The van der Waals surface area contributed by atoms with Gasteiger partial charge in [0.2, 0.25) is 0 Å². The molecular formula is C64H122NO8P. The minimum Gasteiger partial charge on any atom is -0.462 e. The number of hydrogen-bond donors (Lipinski definition) is 2. The van der Waals surface area contributed by atoms with Crippen molar-refractivity contribution in [3.05, 3.63) is 36.5 Å². The van der Waals surface area contributed by atoms with Crippen molar-refractivity contribution in [1.29, 1.82) is 0 Å². The maximum absolute atomic E-state index is 12.7. The van der Waals surface area contributed by atoms with E-state index in [1.54, 1.807) is 0 Å². The Morgan fingerprint density at radius 3 is 1.04 bits per heavy atom. The molecule has 0 saturated carbocycles. The lowest BCUT2D eigenvalue weighted by atomic mass is 10.0. The number of nitrogens with two attached hydrogens (primary N) is 1. The summed E-state index contributed by atoms with van der Waals surface area (Å²) in [4.78, 5) is 35.3. The number of unbranched alkanes of at least 4 members (excludes halogenated alkanes) is 42. The summed E-state index contributed by atoms with van der Waals surface area (Å²) in [5.41, 5.74) is 5.39. The number of rotatable bonds is 61. The summed E-state index contributed by atoms with van der Waals surface area (Å²) in [5.74, 6) is -0.820. The second-order valence-corrected chi connectivity index (χ2v) is 23.1. The number of ether oxygens (including phenoxy) is 2. The van der Waals surface area contributed by atoms with E-state index in [9.17, 15) is 19.0 Å². The number of esters is 2. The number of phosphoric ester groups is 1. The smallest absolute Gasteiger partial charge is 0.462 e. The lowest BCUT2D eigenvalue weighted by Crippen LogP contribution is -2.29. The second-order valence-electron chi connectivity index (χ2n) is 21.6. The van der Waals surface area contributed by atoms with Crippen LogP contribution in [0.25, 0.3) is 0 Å². The Balaban J connectivity index is 3.88. The fourth-order valence-electron chi connectivity index (χ4n) is 9.53. The van der Waals surface area contributed by atoms with E-state index < -0.39 is 26.5 Å². The highest BCUT2D eigenvalue weighted by atomic mass is 31.2. The van der Waals surface area contributed by atoms with Crippen LogP contribution in [-0.2, 0) is 32.7 Å². The van der Waals surface area contributed by atoms with E-state index in [1.165, 1.54) is 238 Å². The molecule has 436 valence electrons. The normalized spacial score (nSPS) is 13.2. The van der Waals surface area contributed by atoms with Crippen LogP contribution in [-0.4, -0.2) is 49.3 Å². The molecule has 9 nitrogen and oxygen atoms in total. The first-order valence-corrected chi connectivity index (χ1v) is 33.5. The molecule has 0 rings (SSSR count). The highest BCUT2D eigenvalue weighted by molar-refractivity contribution is 7.47. The molecular weight excluding hydrogens is 942 g/mol. The zero-order valence-corrected chi connectivity index (χ0v) is 49.7. The fraction of sp³-hybridized carbons (Fsp3) is 0.875. The Labute approximate surface area is 458 Å². The zero-order valence-electron chi connectivity index (χ0n) is 48.8. The molecule has 0 radical (unpaired) electrons. The van der Waals surface area contributed by atoms with E-state index in [2.05, 4.69) is 50.3 Å². The van der Waals surface area contributed by atoms with E-state index >= 15 is 0 Å². The van der Waals surface area contributed by atoms with Gasteiger partial charge in [-0.15, -0.1) is 0 Å². The first kappa shape index (κ1) is 72.2. The number of carbonyl (C=O) groups is 2. The van der Waals surface area contributed by atoms with Crippen molar-refractivity contribution in [3.63, 3.8) is 0 Å². The molecule has 0 aliphatic heterocycles. The third-order valence-corrected chi connectivity index (χ3v) is 15.3. The van der Waals surface area contributed by atoms with Crippen molar-refractivity contribution in [3.8, 4) is 0 Å². The lowest BCUT2D eigenvalue weighted by Gasteiger charge is -2.19. The van der Waals surface area contributed by atoms with Gasteiger partial charge in [0.1, 0.15) is 6.61 Å². The molecule has 0 fully saturated rings. The van der Waals surface area contributed by atoms with Crippen molar-refractivity contribution in [1.82, 2.24) is 0 Å². The molecule has 0 aliphatic carbocycles. The zero-order chi connectivity index (χ0) is 53.8. The maximum atomic E-state index is 12.7. The summed E-state index contributed by atoms with van der Waals surface area (Å²) in [6, 6.07) is 0. The molecule has 0 heterocycles.